The maximum Gasteiger partial charge on any atom is 0.241 e. The minimum atomic E-state index is -3.71. The molecule has 0 aliphatic carbocycles. The maximum atomic E-state index is 12.9. The second-order valence-corrected chi connectivity index (χ2v) is 9.18. The number of nitrogens with one attached hydrogen (secondary N) is 1. The van der Waals surface area contributed by atoms with Gasteiger partial charge in [0.2, 0.25) is 10.0 Å². The zero-order chi connectivity index (χ0) is 19.6. The lowest BCUT2D eigenvalue weighted by Crippen LogP contribution is -2.30. The highest BCUT2D eigenvalue weighted by molar-refractivity contribution is 7.98. The topological polar surface area (TPSA) is 66.4 Å². The molecule has 0 fully saturated rings. The van der Waals surface area contributed by atoms with Gasteiger partial charge in [-0.25, -0.2) is 13.1 Å². The average Bonchev–Trinajstić information content (AvgIpc) is 2.63. The first-order valence-corrected chi connectivity index (χ1v) is 11.2. The fourth-order valence-electron chi connectivity index (χ4n) is 3.07. The molecule has 0 bridgehead atoms. The van der Waals surface area contributed by atoms with Crippen molar-refractivity contribution in [3.63, 3.8) is 0 Å². The largest absolute Gasteiger partial charge is 0.387 e. The van der Waals surface area contributed by atoms with Gasteiger partial charge in [0.05, 0.1) is 11.0 Å². The van der Waals surface area contributed by atoms with Gasteiger partial charge in [0.15, 0.2) is 0 Å². The molecule has 1 atom stereocenters. The molecule has 0 amide bonds. The van der Waals surface area contributed by atoms with E-state index >= 15 is 0 Å². The van der Waals surface area contributed by atoms with Crippen LogP contribution in [0.3, 0.4) is 0 Å². The highest BCUT2D eigenvalue weighted by Gasteiger charge is 2.24. The van der Waals surface area contributed by atoms with E-state index in [4.69, 9.17) is 0 Å². The number of hydrogen-bond donors (Lipinski definition) is 2. The number of aliphatic hydroxyl groups excluding tert-OH is 1. The molecule has 0 aromatic heterocycles. The number of hydrogen-bond acceptors (Lipinski definition) is 4. The molecular formula is C20H27NO3S2. The van der Waals surface area contributed by atoms with Crippen molar-refractivity contribution in [2.75, 3.05) is 12.8 Å². The van der Waals surface area contributed by atoms with Gasteiger partial charge in [0, 0.05) is 11.4 Å². The molecule has 26 heavy (non-hydrogen) atoms. The van der Waals surface area contributed by atoms with Crippen LogP contribution in [-0.2, 0) is 10.0 Å². The maximum absolute atomic E-state index is 12.9. The van der Waals surface area contributed by atoms with Crippen molar-refractivity contribution in [2.45, 2.75) is 50.5 Å². The highest BCUT2D eigenvalue weighted by atomic mass is 32.2. The summed E-state index contributed by atoms with van der Waals surface area (Å²) in [4.78, 5) is 1.42. The van der Waals surface area contributed by atoms with Crippen molar-refractivity contribution < 1.29 is 13.5 Å². The zero-order valence-corrected chi connectivity index (χ0v) is 17.8. The molecule has 2 N–H and O–H groups in total. The Morgan fingerprint density at radius 3 is 1.85 bits per heavy atom. The van der Waals surface area contributed by atoms with Crippen LogP contribution in [0.15, 0.2) is 34.1 Å². The summed E-state index contributed by atoms with van der Waals surface area (Å²) in [6.07, 6.45) is 1.09. The summed E-state index contributed by atoms with van der Waals surface area (Å²) in [5, 5.41) is 10.4. The van der Waals surface area contributed by atoms with Crippen molar-refractivity contribution in [1.82, 2.24) is 4.72 Å². The molecule has 0 aliphatic rings. The number of rotatable bonds is 6. The van der Waals surface area contributed by atoms with Crippen molar-refractivity contribution in [3.05, 3.63) is 57.6 Å². The predicted molar refractivity (Wildman–Crippen MR) is 108 cm³/mol. The van der Waals surface area contributed by atoms with Crippen LogP contribution >= 0.6 is 11.8 Å². The molecule has 1 unspecified atom stereocenters. The normalized spacial score (nSPS) is 13.0. The summed E-state index contributed by atoms with van der Waals surface area (Å²) in [5.74, 6) is 0. The standard InChI is InChI=1S/C20H27NO3S2/c1-12-13(2)15(4)20(16(5)14(12)3)26(23,24)21-11-19(22)17-7-9-18(25-6)10-8-17/h7-10,19,21-22H,11H2,1-6H3. The summed E-state index contributed by atoms with van der Waals surface area (Å²) >= 11 is 1.62. The fourth-order valence-corrected chi connectivity index (χ4v) is 5.12. The van der Waals surface area contributed by atoms with Crippen LogP contribution in [0.5, 0.6) is 0 Å². The number of aliphatic hydroxyl groups is 1. The van der Waals surface area contributed by atoms with E-state index in [2.05, 4.69) is 4.72 Å². The Hall–Kier alpha value is -1.34. The van der Waals surface area contributed by atoms with Gasteiger partial charge in [-0.3, -0.25) is 0 Å². The molecule has 0 heterocycles. The molecule has 0 spiro atoms. The molecule has 2 aromatic carbocycles. The van der Waals surface area contributed by atoms with Crippen LogP contribution < -0.4 is 4.72 Å². The number of thioether (sulfide) groups is 1. The third kappa shape index (κ3) is 4.14. The van der Waals surface area contributed by atoms with E-state index in [0.717, 1.165) is 32.7 Å². The second kappa shape index (κ2) is 8.13. The van der Waals surface area contributed by atoms with E-state index in [9.17, 15) is 13.5 Å². The van der Waals surface area contributed by atoms with E-state index in [1.165, 1.54) is 0 Å². The average molecular weight is 394 g/mol. The Kier molecular flexibility index (Phi) is 6.55. The third-order valence-electron chi connectivity index (χ3n) is 5.17. The van der Waals surface area contributed by atoms with Gasteiger partial charge in [-0.15, -0.1) is 11.8 Å². The summed E-state index contributed by atoms with van der Waals surface area (Å²) in [6.45, 7) is 9.50. The Morgan fingerprint density at radius 1 is 0.923 bits per heavy atom. The van der Waals surface area contributed by atoms with Crippen molar-refractivity contribution in [2.24, 2.45) is 0 Å². The Bertz CT molecular complexity index is 875. The fraction of sp³-hybridized carbons (Fsp3) is 0.400. The van der Waals surface area contributed by atoms with E-state index in [-0.39, 0.29) is 6.54 Å². The van der Waals surface area contributed by atoms with Crippen molar-refractivity contribution in [1.29, 1.82) is 0 Å². The minimum absolute atomic E-state index is 0.0637. The van der Waals surface area contributed by atoms with E-state index < -0.39 is 16.1 Å². The molecule has 2 rings (SSSR count). The molecule has 0 saturated heterocycles. The summed E-state index contributed by atoms with van der Waals surface area (Å²) in [5.41, 5.74) is 5.31. The summed E-state index contributed by atoms with van der Waals surface area (Å²) in [7, 11) is -3.71. The quantitative estimate of drug-likeness (QED) is 0.729. The van der Waals surface area contributed by atoms with Crippen molar-refractivity contribution >= 4 is 21.8 Å². The Balaban J connectivity index is 2.26. The lowest BCUT2D eigenvalue weighted by atomic mass is 9.95. The van der Waals surface area contributed by atoms with Crippen LogP contribution in [0.2, 0.25) is 0 Å². The van der Waals surface area contributed by atoms with Crippen LogP contribution in [0.4, 0.5) is 0 Å². The lowest BCUT2D eigenvalue weighted by Gasteiger charge is -2.20. The van der Waals surface area contributed by atoms with Gasteiger partial charge >= 0.3 is 0 Å². The van der Waals surface area contributed by atoms with Crippen LogP contribution in [-0.4, -0.2) is 26.3 Å². The Morgan fingerprint density at radius 2 is 1.38 bits per heavy atom. The SMILES string of the molecule is CSc1ccc(C(O)CNS(=O)(=O)c2c(C)c(C)c(C)c(C)c2C)cc1. The minimum Gasteiger partial charge on any atom is -0.387 e. The molecule has 142 valence electrons. The lowest BCUT2D eigenvalue weighted by molar-refractivity contribution is 0.182. The third-order valence-corrected chi connectivity index (χ3v) is 7.61. The first kappa shape index (κ1) is 21.0. The van der Waals surface area contributed by atoms with E-state index in [1.807, 2.05) is 65.1 Å². The first-order chi connectivity index (χ1) is 12.1. The summed E-state index contributed by atoms with van der Waals surface area (Å²) in [6, 6.07) is 7.47. The monoisotopic (exact) mass is 393 g/mol. The highest BCUT2D eigenvalue weighted by Crippen LogP contribution is 2.29. The Labute approximate surface area is 161 Å². The van der Waals surface area contributed by atoms with Crippen LogP contribution in [0.25, 0.3) is 0 Å². The molecule has 0 aliphatic heterocycles. The van der Waals surface area contributed by atoms with Crippen molar-refractivity contribution in [3.8, 4) is 0 Å². The molecule has 6 heteroatoms. The van der Waals surface area contributed by atoms with Crippen LogP contribution in [0.1, 0.15) is 39.5 Å². The molecule has 4 nitrogen and oxygen atoms in total. The van der Waals surface area contributed by atoms with Crippen LogP contribution in [0, 0.1) is 34.6 Å². The van der Waals surface area contributed by atoms with Gasteiger partial charge in [-0.1, -0.05) is 12.1 Å². The molecular weight excluding hydrogens is 366 g/mol. The van der Waals surface area contributed by atoms with Gasteiger partial charge in [-0.05, 0) is 86.4 Å². The smallest absolute Gasteiger partial charge is 0.241 e. The van der Waals surface area contributed by atoms with E-state index in [1.54, 1.807) is 11.8 Å². The first-order valence-electron chi connectivity index (χ1n) is 8.48. The van der Waals surface area contributed by atoms with Gasteiger partial charge in [-0.2, -0.15) is 0 Å². The van der Waals surface area contributed by atoms with Gasteiger partial charge in [0.1, 0.15) is 0 Å². The molecule has 0 saturated carbocycles. The second-order valence-electron chi connectivity index (χ2n) is 6.59. The van der Waals surface area contributed by atoms with Gasteiger partial charge in [0.25, 0.3) is 0 Å². The number of sulfonamides is 1. The molecule has 2 aromatic rings. The van der Waals surface area contributed by atoms with E-state index in [0.29, 0.717) is 10.5 Å². The zero-order valence-electron chi connectivity index (χ0n) is 16.2. The van der Waals surface area contributed by atoms with Gasteiger partial charge < -0.3 is 5.11 Å². The molecule has 0 radical (unpaired) electrons. The summed E-state index contributed by atoms with van der Waals surface area (Å²) < 4.78 is 28.4. The number of benzene rings is 2. The predicted octanol–water partition coefficient (Wildman–Crippen LogP) is 3.96.